The number of carboxylic acids is 1. The lowest BCUT2D eigenvalue weighted by Gasteiger charge is -2.26. The van der Waals surface area contributed by atoms with Crippen molar-refractivity contribution in [3.63, 3.8) is 0 Å². The molecular formula is C13H16ClNO5S. The van der Waals surface area contributed by atoms with Crippen LogP contribution in [0.15, 0.2) is 18.2 Å². The number of aromatic hydroxyl groups is 1. The molecule has 1 heterocycles. The first-order valence-corrected chi connectivity index (χ1v) is 8.61. The van der Waals surface area contributed by atoms with Crippen LogP contribution in [0.25, 0.3) is 0 Å². The first-order chi connectivity index (χ1) is 9.78. The number of rotatable bonds is 5. The van der Waals surface area contributed by atoms with Crippen molar-refractivity contribution in [2.45, 2.75) is 19.0 Å². The molecule has 0 radical (unpaired) electrons. The summed E-state index contributed by atoms with van der Waals surface area (Å²) in [6.07, 6.45) is 0.390. The summed E-state index contributed by atoms with van der Waals surface area (Å²) in [7, 11) is -3.12. The van der Waals surface area contributed by atoms with E-state index >= 15 is 0 Å². The van der Waals surface area contributed by atoms with Crippen LogP contribution in [0.1, 0.15) is 12.0 Å². The highest BCUT2D eigenvalue weighted by Gasteiger charge is 2.33. The molecule has 2 rings (SSSR count). The fourth-order valence-electron chi connectivity index (χ4n) is 2.46. The Morgan fingerprint density at radius 1 is 1.43 bits per heavy atom. The number of nitrogens with zero attached hydrogens (tertiary/aromatic N) is 1. The molecule has 0 aliphatic carbocycles. The highest BCUT2D eigenvalue weighted by atomic mass is 35.5. The first kappa shape index (κ1) is 16.1. The van der Waals surface area contributed by atoms with Crippen molar-refractivity contribution in [1.29, 1.82) is 0 Å². The van der Waals surface area contributed by atoms with E-state index in [-0.39, 0.29) is 36.4 Å². The lowest BCUT2D eigenvalue weighted by atomic mass is 10.1. The molecule has 1 saturated heterocycles. The summed E-state index contributed by atoms with van der Waals surface area (Å²) in [5.74, 6) is -1.09. The molecule has 0 amide bonds. The number of halogens is 1. The number of hydrogen-bond acceptors (Lipinski definition) is 5. The van der Waals surface area contributed by atoms with Gasteiger partial charge in [-0.2, -0.15) is 0 Å². The van der Waals surface area contributed by atoms with E-state index in [1.54, 1.807) is 12.1 Å². The summed E-state index contributed by atoms with van der Waals surface area (Å²) < 4.78 is 23.1. The van der Waals surface area contributed by atoms with Crippen molar-refractivity contribution in [1.82, 2.24) is 4.90 Å². The number of carbonyl (C=O) groups is 1. The number of benzene rings is 1. The Balaban J connectivity index is 2.23. The second-order valence-electron chi connectivity index (χ2n) is 5.09. The maximum atomic E-state index is 11.6. The second kappa shape index (κ2) is 6.21. The molecule has 1 aromatic rings. The normalized spacial score (nSPS) is 20.8. The number of phenols is 1. The predicted octanol–water partition coefficient (Wildman–Crippen LogP) is 1.12. The molecule has 1 atom stereocenters. The van der Waals surface area contributed by atoms with Gasteiger partial charge in [0.05, 0.1) is 18.1 Å². The van der Waals surface area contributed by atoms with Crippen molar-refractivity contribution >= 4 is 27.4 Å². The first-order valence-electron chi connectivity index (χ1n) is 6.41. The largest absolute Gasteiger partial charge is 0.508 e. The minimum Gasteiger partial charge on any atom is -0.508 e. The summed E-state index contributed by atoms with van der Waals surface area (Å²) in [6, 6.07) is 4.27. The Hall–Kier alpha value is -1.31. The Labute approximate surface area is 127 Å². The standard InChI is InChI=1S/C13H16ClNO5S/c14-11-2-1-3-12(16)10(11)6-15(7-13(17)18)9-4-5-21(19,20)8-9/h1-3,9,16H,4-8H2,(H,17,18). The van der Waals surface area contributed by atoms with Gasteiger partial charge in [-0.25, -0.2) is 8.42 Å². The van der Waals surface area contributed by atoms with E-state index in [0.29, 0.717) is 17.0 Å². The van der Waals surface area contributed by atoms with E-state index in [0.717, 1.165) is 0 Å². The fraction of sp³-hybridized carbons (Fsp3) is 0.462. The third kappa shape index (κ3) is 4.09. The van der Waals surface area contributed by atoms with Crippen molar-refractivity contribution in [3.8, 4) is 5.75 Å². The minimum atomic E-state index is -3.12. The van der Waals surface area contributed by atoms with Crippen molar-refractivity contribution in [3.05, 3.63) is 28.8 Å². The van der Waals surface area contributed by atoms with Gasteiger partial charge in [-0.15, -0.1) is 0 Å². The van der Waals surface area contributed by atoms with E-state index in [1.807, 2.05) is 0 Å². The Morgan fingerprint density at radius 3 is 2.67 bits per heavy atom. The number of hydrogen-bond donors (Lipinski definition) is 2. The number of sulfone groups is 1. The molecule has 8 heteroatoms. The molecule has 1 unspecified atom stereocenters. The zero-order valence-electron chi connectivity index (χ0n) is 11.2. The molecule has 6 nitrogen and oxygen atoms in total. The average Bonchev–Trinajstić information content (AvgIpc) is 2.72. The summed E-state index contributed by atoms with van der Waals surface area (Å²) in [5, 5.41) is 19.2. The van der Waals surface area contributed by atoms with E-state index in [9.17, 15) is 18.3 Å². The fourth-order valence-corrected chi connectivity index (χ4v) is 4.45. The number of aliphatic carboxylic acids is 1. The quantitative estimate of drug-likeness (QED) is 0.838. The van der Waals surface area contributed by atoms with Crippen LogP contribution < -0.4 is 0 Å². The van der Waals surface area contributed by atoms with Crippen LogP contribution in [0.2, 0.25) is 5.02 Å². The van der Waals surface area contributed by atoms with Gasteiger partial charge in [0.15, 0.2) is 9.84 Å². The highest BCUT2D eigenvalue weighted by molar-refractivity contribution is 7.91. The topological polar surface area (TPSA) is 94.9 Å². The van der Waals surface area contributed by atoms with Crippen molar-refractivity contribution in [2.75, 3.05) is 18.1 Å². The summed E-state index contributed by atoms with van der Waals surface area (Å²) in [4.78, 5) is 12.5. The molecule has 0 spiro atoms. The molecule has 116 valence electrons. The van der Waals surface area contributed by atoms with Gasteiger partial charge in [0, 0.05) is 23.2 Å². The molecule has 0 aromatic heterocycles. The maximum Gasteiger partial charge on any atom is 0.317 e. The van der Waals surface area contributed by atoms with Crippen LogP contribution in [0.5, 0.6) is 5.75 Å². The van der Waals surface area contributed by atoms with Gasteiger partial charge < -0.3 is 10.2 Å². The molecule has 21 heavy (non-hydrogen) atoms. The minimum absolute atomic E-state index is 0.0289. The van der Waals surface area contributed by atoms with Gasteiger partial charge >= 0.3 is 5.97 Å². The van der Waals surface area contributed by atoms with E-state index in [4.69, 9.17) is 16.7 Å². The van der Waals surface area contributed by atoms with Gasteiger partial charge in [0.2, 0.25) is 0 Å². The summed E-state index contributed by atoms with van der Waals surface area (Å²) >= 11 is 6.02. The van der Waals surface area contributed by atoms with Crippen molar-refractivity contribution < 1.29 is 23.4 Å². The van der Waals surface area contributed by atoms with Crippen LogP contribution in [0.4, 0.5) is 0 Å². The molecular weight excluding hydrogens is 318 g/mol. The van der Waals surface area contributed by atoms with E-state index < -0.39 is 15.8 Å². The van der Waals surface area contributed by atoms with Crippen LogP contribution in [-0.2, 0) is 21.2 Å². The summed E-state index contributed by atoms with van der Waals surface area (Å²) in [5.41, 5.74) is 0.407. The van der Waals surface area contributed by atoms with E-state index in [1.165, 1.54) is 11.0 Å². The molecule has 1 fully saturated rings. The van der Waals surface area contributed by atoms with E-state index in [2.05, 4.69) is 0 Å². The number of phenolic OH excluding ortho intramolecular Hbond substituents is 1. The predicted molar refractivity (Wildman–Crippen MR) is 78.2 cm³/mol. The van der Waals surface area contributed by atoms with Gasteiger partial charge in [0.25, 0.3) is 0 Å². The molecule has 0 bridgehead atoms. The second-order valence-corrected chi connectivity index (χ2v) is 7.73. The Bertz CT molecular complexity index is 626. The molecule has 1 aliphatic heterocycles. The average molecular weight is 334 g/mol. The highest BCUT2D eigenvalue weighted by Crippen LogP contribution is 2.28. The smallest absolute Gasteiger partial charge is 0.317 e. The van der Waals surface area contributed by atoms with Crippen LogP contribution in [0.3, 0.4) is 0 Å². The lowest BCUT2D eigenvalue weighted by Crippen LogP contribution is -2.39. The lowest BCUT2D eigenvalue weighted by molar-refractivity contribution is -0.139. The zero-order chi connectivity index (χ0) is 15.6. The number of carboxylic acid groups (broad SMARTS) is 1. The van der Waals surface area contributed by atoms with Gasteiger partial charge in [0.1, 0.15) is 5.75 Å². The van der Waals surface area contributed by atoms with Crippen molar-refractivity contribution in [2.24, 2.45) is 0 Å². The zero-order valence-corrected chi connectivity index (χ0v) is 12.8. The Morgan fingerprint density at radius 2 is 2.14 bits per heavy atom. The molecule has 1 aromatic carbocycles. The van der Waals surface area contributed by atoms with Crippen LogP contribution in [0, 0.1) is 0 Å². The Kier molecular flexibility index (Phi) is 4.75. The molecule has 0 saturated carbocycles. The van der Waals surface area contributed by atoms with Gasteiger partial charge in [-0.3, -0.25) is 9.69 Å². The third-order valence-electron chi connectivity index (χ3n) is 3.52. The monoisotopic (exact) mass is 333 g/mol. The van der Waals surface area contributed by atoms with Gasteiger partial charge in [-0.05, 0) is 18.6 Å². The molecule has 2 N–H and O–H groups in total. The van der Waals surface area contributed by atoms with Gasteiger partial charge in [-0.1, -0.05) is 17.7 Å². The van der Waals surface area contributed by atoms with Crippen LogP contribution >= 0.6 is 11.6 Å². The SMILES string of the molecule is O=C(O)CN(Cc1c(O)cccc1Cl)C1CCS(=O)(=O)C1. The maximum absolute atomic E-state index is 11.6. The van der Waals surface area contributed by atoms with Crippen LogP contribution in [-0.4, -0.2) is 53.6 Å². The third-order valence-corrected chi connectivity index (χ3v) is 5.62. The molecule has 1 aliphatic rings. The summed E-state index contributed by atoms with van der Waals surface area (Å²) in [6.45, 7) is -0.206.